The van der Waals surface area contributed by atoms with Crippen molar-refractivity contribution in [1.29, 1.82) is 0 Å². The van der Waals surface area contributed by atoms with Gasteiger partial charge >= 0.3 is 5.97 Å². The van der Waals surface area contributed by atoms with Gasteiger partial charge in [0, 0.05) is 12.5 Å². The molecule has 1 aromatic heterocycles. The lowest BCUT2D eigenvalue weighted by Gasteiger charge is -2.16. The number of aromatic nitrogens is 1. The lowest BCUT2D eigenvalue weighted by Crippen LogP contribution is -2.25. The first kappa shape index (κ1) is 16.9. The molecule has 0 unspecified atom stereocenters. The number of carbonyl (C=O) groups excluding carboxylic acids is 2. The smallest absolute Gasteiger partial charge is 0.303 e. The van der Waals surface area contributed by atoms with Crippen LogP contribution in [0.1, 0.15) is 18.6 Å². The van der Waals surface area contributed by atoms with Crippen LogP contribution in [0.4, 0.5) is 5.13 Å². The number of nitrogens with one attached hydrogen (secondary N) is 1. The molecule has 0 aliphatic heterocycles. The number of rotatable bonds is 5. The first-order chi connectivity index (χ1) is 12.1. The highest BCUT2D eigenvalue weighted by molar-refractivity contribution is 7.22. The Bertz CT molecular complexity index is 908. The summed E-state index contributed by atoms with van der Waals surface area (Å²) in [4.78, 5) is 28.3. The fourth-order valence-corrected chi connectivity index (χ4v) is 3.22. The number of amides is 1. The van der Waals surface area contributed by atoms with Gasteiger partial charge < -0.3 is 9.47 Å². The Morgan fingerprint density at radius 3 is 2.60 bits per heavy atom. The molecule has 0 aliphatic carbocycles. The van der Waals surface area contributed by atoms with Crippen molar-refractivity contribution >= 4 is 38.6 Å². The molecule has 2 aromatic carbocycles. The van der Waals surface area contributed by atoms with E-state index in [1.807, 2.05) is 18.2 Å². The van der Waals surface area contributed by atoms with Crippen LogP contribution in [0.25, 0.3) is 10.2 Å². The summed E-state index contributed by atoms with van der Waals surface area (Å²) in [7, 11) is 1.59. The number of esters is 1. The van der Waals surface area contributed by atoms with E-state index in [9.17, 15) is 9.59 Å². The number of hydrogen-bond acceptors (Lipinski definition) is 6. The van der Waals surface area contributed by atoms with Crippen LogP contribution < -0.4 is 10.1 Å². The largest absolute Gasteiger partial charge is 0.497 e. The van der Waals surface area contributed by atoms with E-state index < -0.39 is 18.0 Å². The number of carbonyl (C=O) groups is 2. The number of methoxy groups -OCH3 is 1. The number of nitrogens with zero attached hydrogens (tertiary/aromatic N) is 1. The van der Waals surface area contributed by atoms with E-state index in [2.05, 4.69) is 10.3 Å². The normalized spacial score (nSPS) is 11.8. The van der Waals surface area contributed by atoms with Gasteiger partial charge in [-0.05, 0) is 18.2 Å². The maximum Gasteiger partial charge on any atom is 0.303 e. The molecule has 0 aliphatic rings. The summed E-state index contributed by atoms with van der Waals surface area (Å²) < 4.78 is 11.3. The molecule has 1 atom stereocenters. The van der Waals surface area contributed by atoms with Gasteiger partial charge in [0.15, 0.2) is 5.13 Å². The molecule has 0 saturated heterocycles. The van der Waals surface area contributed by atoms with Gasteiger partial charge in [0.05, 0.1) is 17.3 Å². The molecule has 1 amide bonds. The van der Waals surface area contributed by atoms with Crippen LogP contribution in [0, 0.1) is 0 Å². The van der Waals surface area contributed by atoms with E-state index in [4.69, 9.17) is 9.47 Å². The summed E-state index contributed by atoms with van der Waals surface area (Å²) >= 11 is 1.32. The predicted octanol–water partition coefficient (Wildman–Crippen LogP) is 3.55. The van der Waals surface area contributed by atoms with Crippen molar-refractivity contribution in [3.05, 3.63) is 54.1 Å². The number of hydrogen-bond donors (Lipinski definition) is 1. The molecule has 0 radical (unpaired) electrons. The monoisotopic (exact) mass is 356 g/mol. The van der Waals surface area contributed by atoms with E-state index >= 15 is 0 Å². The van der Waals surface area contributed by atoms with Gasteiger partial charge in [-0.1, -0.05) is 41.7 Å². The minimum Gasteiger partial charge on any atom is -0.497 e. The van der Waals surface area contributed by atoms with Crippen LogP contribution in [-0.4, -0.2) is 24.0 Å². The van der Waals surface area contributed by atoms with Crippen LogP contribution >= 0.6 is 11.3 Å². The quantitative estimate of drug-likeness (QED) is 0.708. The van der Waals surface area contributed by atoms with Crippen LogP contribution in [0.2, 0.25) is 0 Å². The van der Waals surface area contributed by atoms with Gasteiger partial charge in [0.1, 0.15) is 5.75 Å². The van der Waals surface area contributed by atoms with Crippen molar-refractivity contribution in [3.63, 3.8) is 0 Å². The van der Waals surface area contributed by atoms with Gasteiger partial charge in [-0.15, -0.1) is 0 Å². The predicted molar refractivity (Wildman–Crippen MR) is 95.8 cm³/mol. The number of anilines is 1. The molecule has 0 bridgehead atoms. The highest BCUT2D eigenvalue weighted by atomic mass is 32.1. The molecular formula is C18H16N2O4S. The summed E-state index contributed by atoms with van der Waals surface area (Å²) in [6.45, 7) is 1.27. The highest BCUT2D eigenvalue weighted by Gasteiger charge is 2.24. The Hall–Kier alpha value is -2.93. The minimum absolute atomic E-state index is 0.432. The van der Waals surface area contributed by atoms with Gasteiger partial charge in [0.2, 0.25) is 6.10 Å². The van der Waals surface area contributed by atoms with Crippen molar-refractivity contribution in [1.82, 2.24) is 4.98 Å². The second kappa shape index (κ2) is 7.31. The standard InChI is InChI=1S/C18H16N2O4S/c1-11(21)24-16(12-6-4-3-5-7-12)17(22)20-18-19-14-9-8-13(23-2)10-15(14)25-18/h3-10,16H,1-2H3,(H,19,20,22)/t16-/m0/s1. The molecule has 1 heterocycles. The second-order valence-corrected chi connectivity index (χ2v) is 6.27. The van der Waals surface area contributed by atoms with E-state index in [0.717, 1.165) is 16.0 Å². The molecule has 25 heavy (non-hydrogen) atoms. The topological polar surface area (TPSA) is 77.5 Å². The Morgan fingerprint density at radius 2 is 1.92 bits per heavy atom. The van der Waals surface area contributed by atoms with E-state index in [1.54, 1.807) is 37.4 Å². The third kappa shape index (κ3) is 3.95. The van der Waals surface area contributed by atoms with Gasteiger partial charge in [0.25, 0.3) is 5.91 Å². The van der Waals surface area contributed by atoms with Crippen molar-refractivity contribution < 1.29 is 19.1 Å². The average Bonchev–Trinajstić information content (AvgIpc) is 3.01. The number of ether oxygens (including phenoxy) is 2. The van der Waals surface area contributed by atoms with E-state index in [0.29, 0.717) is 10.7 Å². The Kier molecular flexibility index (Phi) is 4.95. The first-order valence-electron chi connectivity index (χ1n) is 7.54. The van der Waals surface area contributed by atoms with Crippen LogP contribution in [-0.2, 0) is 14.3 Å². The highest BCUT2D eigenvalue weighted by Crippen LogP contribution is 2.30. The Balaban J connectivity index is 1.84. The molecule has 0 saturated carbocycles. The van der Waals surface area contributed by atoms with Crippen molar-refractivity contribution in [3.8, 4) is 5.75 Å². The fraction of sp³-hybridized carbons (Fsp3) is 0.167. The molecule has 128 valence electrons. The lowest BCUT2D eigenvalue weighted by atomic mass is 10.1. The third-order valence-electron chi connectivity index (χ3n) is 3.45. The summed E-state index contributed by atoms with van der Waals surface area (Å²) in [5, 5.41) is 3.16. The molecular weight excluding hydrogens is 340 g/mol. The van der Waals surface area contributed by atoms with Crippen molar-refractivity contribution in [2.75, 3.05) is 12.4 Å². The summed E-state index contributed by atoms with van der Waals surface area (Å²) in [5.41, 5.74) is 1.35. The van der Waals surface area contributed by atoms with Gasteiger partial charge in [-0.2, -0.15) is 0 Å². The summed E-state index contributed by atoms with van der Waals surface area (Å²) in [6, 6.07) is 14.3. The number of thiazole rings is 1. The molecule has 6 nitrogen and oxygen atoms in total. The first-order valence-corrected chi connectivity index (χ1v) is 8.36. The minimum atomic E-state index is -1.03. The second-order valence-electron chi connectivity index (χ2n) is 5.24. The Morgan fingerprint density at radius 1 is 1.16 bits per heavy atom. The van der Waals surface area contributed by atoms with Crippen molar-refractivity contribution in [2.45, 2.75) is 13.0 Å². The van der Waals surface area contributed by atoms with Crippen molar-refractivity contribution in [2.24, 2.45) is 0 Å². The number of fused-ring (bicyclic) bond motifs is 1. The molecule has 3 aromatic rings. The zero-order chi connectivity index (χ0) is 17.8. The summed E-state index contributed by atoms with van der Waals surface area (Å²) in [6.07, 6.45) is -1.03. The Labute approximate surface area is 148 Å². The third-order valence-corrected chi connectivity index (χ3v) is 4.38. The maximum absolute atomic E-state index is 12.6. The average molecular weight is 356 g/mol. The van der Waals surface area contributed by atoms with E-state index in [-0.39, 0.29) is 0 Å². The van der Waals surface area contributed by atoms with Gasteiger partial charge in [-0.3, -0.25) is 14.9 Å². The lowest BCUT2D eigenvalue weighted by molar-refractivity contribution is -0.152. The zero-order valence-corrected chi connectivity index (χ0v) is 14.5. The van der Waals surface area contributed by atoms with Crippen LogP contribution in [0.3, 0.4) is 0 Å². The molecule has 0 fully saturated rings. The molecule has 7 heteroatoms. The maximum atomic E-state index is 12.6. The summed E-state index contributed by atoms with van der Waals surface area (Å²) in [5.74, 6) is -0.262. The van der Waals surface area contributed by atoms with Crippen LogP contribution in [0.5, 0.6) is 5.75 Å². The van der Waals surface area contributed by atoms with Gasteiger partial charge in [-0.25, -0.2) is 4.98 Å². The molecule has 3 rings (SSSR count). The zero-order valence-electron chi connectivity index (χ0n) is 13.7. The SMILES string of the molecule is COc1ccc2nc(NC(=O)[C@@H](OC(C)=O)c3ccccc3)sc2c1. The van der Waals surface area contributed by atoms with E-state index in [1.165, 1.54) is 18.3 Å². The fourth-order valence-electron chi connectivity index (χ4n) is 2.32. The molecule has 1 N–H and O–H groups in total. The van der Waals surface area contributed by atoms with Crippen LogP contribution in [0.15, 0.2) is 48.5 Å². The molecule has 0 spiro atoms. The number of benzene rings is 2.